The van der Waals surface area contributed by atoms with Gasteiger partial charge in [-0.3, -0.25) is 18.7 Å². The molecular formula is C22H26N4O3S. The molecule has 0 spiro atoms. The van der Waals surface area contributed by atoms with Crippen LogP contribution in [-0.4, -0.2) is 30.1 Å². The standard InChI is InChI=1S/C22H26N4O3S/c1-6-12-26-19-16(21(28)25(5)22(26)29)20(24-18(23-19)13(2)3)30-14(4)17(27)15-10-8-7-9-11-15/h7-11,13-14H,6,12H2,1-5H3. The van der Waals surface area contributed by atoms with E-state index in [0.717, 1.165) is 11.0 Å². The first kappa shape index (κ1) is 22.0. The topological polar surface area (TPSA) is 86.9 Å². The number of hydrogen-bond donors (Lipinski definition) is 0. The van der Waals surface area contributed by atoms with Crippen LogP contribution in [0.5, 0.6) is 0 Å². The minimum absolute atomic E-state index is 0.00289. The van der Waals surface area contributed by atoms with E-state index in [4.69, 9.17) is 0 Å². The maximum Gasteiger partial charge on any atom is 0.332 e. The summed E-state index contributed by atoms with van der Waals surface area (Å²) in [4.78, 5) is 47.8. The van der Waals surface area contributed by atoms with Crippen molar-refractivity contribution in [2.24, 2.45) is 7.05 Å². The number of carbonyl (C=O) groups is 1. The zero-order chi connectivity index (χ0) is 22.0. The molecule has 3 aromatic rings. The molecule has 1 atom stereocenters. The SMILES string of the molecule is CCCn1c(=O)n(C)c(=O)c2c(SC(C)C(=O)c3ccccc3)nc(C(C)C)nc21. The van der Waals surface area contributed by atoms with Crippen LogP contribution in [0, 0.1) is 0 Å². The molecule has 0 aliphatic rings. The lowest BCUT2D eigenvalue weighted by molar-refractivity contribution is 0.0994. The predicted molar refractivity (Wildman–Crippen MR) is 120 cm³/mol. The first-order chi connectivity index (χ1) is 14.3. The molecule has 0 bridgehead atoms. The van der Waals surface area contributed by atoms with E-state index in [9.17, 15) is 14.4 Å². The third-order valence-corrected chi connectivity index (χ3v) is 5.93. The number of hydrogen-bond acceptors (Lipinski definition) is 6. The Morgan fingerprint density at radius 1 is 1.10 bits per heavy atom. The molecular weight excluding hydrogens is 400 g/mol. The van der Waals surface area contributed by atoms with Gasteiger partial charge in [0.05, 0.1) is 5.25 Å². The molecule has 2 aromatic heterocycles. The van der Waals surface area contributed by atoms with Gasteiger partial charge in [0, 0.05) is 25.1 Å². The summed E-state index contributed by atoms with van der Waals surface area (Å²) in [5.41, 5.74) is 0.105. The largest absolute Gasteiger partial charge is 0.332 e. The molecule has 0 fully saturated rings. The highest BCUT2D eigenvalue weighted by atomic mass is 32.2. The molecule has 0 aliphatic heterocycles. The smallest absolute Gasteiger partial charge is 0.293 e. The molecule has 7 nitrogen and oxygen atoms in total. The van der Waals surface area contributed by atoms with E-state index in [0.29, 0.717) is 28.6 Å². The van der Waals surface area contributed by atoms with E-state index in [2.05, 4.69) is 9.97 Å². The second-order valence-electron chi connectivity index (χ2n) is 7.53. The molecule has 3 rings (SSSR count). The van der Waals surface area contributed by atoms with E-state index >= 15 is 0 Å². The lowest BCUT2D eigenvalue weighted by atomic mass is 10.1. The van der Waals surface area contributed by atoms with Crippen LogP contribution in [0.2, 0.25) is 0 Å². The molecule has 0 N–H and O–H groups in total. The summed E-state index contributed by atoms with van der Waals surface area (Å²) in [6.45, 7) is 8.12. The number of rotatable bonds is 7. The summed E-state index contributed by atoms with van der Waals surface area (Å²) in [5, 5.41) is 0.264. The first-order valence-corrected chi connectivity index (χ1v) is 10.9. The Morgan fingerprint density at radius 2 is 1.77 bits per heavy atom. The van der Waals surface area contributed by atoms with Crippen molar-refractivity contribution >= 4 is 28.6 Å². The van der Waals surface area contributed by atoms with E-state index in [1.165, 1.54) is 23.4 Å². The normalized spacial score (nSPS) is 12.5. The van der Waals surface area contributed by atoms with Crippen LogP contribution in [0.25, 0.3) is 11.0 Å². The second kappa shape index (κ2) is 8.95. The molecule has 1 aromatic carbocycles. The highest BCUT2D eigenvalue weighted by molar-refractivity contribution is 8.00. The van der Waals surface area contributed by atoms with Crippen molar-refractivity contribution in [3.63, 3.8) is 0 Å². The number of aromatic nitrogens is 4. The van der Waals surface area contributed by atoms with Gasteiger partial charge in [-0.2, -0.15) is 0 Å². The van der Waals surface area contributed by atoms with Crippen LogP contribution in [0.3, 0.4) is 0 Å². The van der Waals surface area contributed by atoms with Gasteiger partial charge < -0.3 is 0 Å². The van der Waals surface area contributed by atoms with Crippen LogP contribution in [0.4, 0.5) is 0 Å². The summed E-state index contributed by atoms with van der Waals surface area (Å²) in [7, 11) is 1.46. The van der Waals surface area contributed by atoms with Gasteiger partial charge in [-0.05, 0) is 13.3 Å². The Kier molecular flexibility index (Phi) is 6.55. The van der Waals surface area contributed by atoms with Crippen molar-refractivity contribution in [2.75, 3.05) is 0 Å². The fourth-order valence-corrected chi connectivity index (χ4v) is 4.20. The minimum atomic E-state index is -0.457. The predicted octanol–water partition coefficient (Wildman–Crippen LogP) is 3.39. The van der Waals surface area contributed by atoms with Crippen LogP contribution in [0.15, 0.2) is 44.9 Å². The van der Waals surface area contributed by atoms with Gasteiger partial charge in [0.2, 0.25) is 0 Å². The number of ketones is 1. The number of fused-ring (bicyclic) bond motifs is 1. The van der Waals surface area contributed by atoms with Crippen LogP contribution >= 0.6 is 11.8 Å². The van der Waals surface area contributed by atoms with E-state index in [1.54, 1.807) is 19.1 Å². The maximum atomic E-state index is 13.0. The Morgan fingerprint density at radius 3 is 2.37 bits per heavy atom. The third kappa shape index (κ3) is 4.09. The monoisotopic (exact) mass is 426 g/mol. The van der Waals surface area contributed by atoms with E-state index < -0.39 is 16.5 Å². The lowest BCUT2D eigenvalue weighted by Gasteiger charge is -2.16. The van der Waals surface area contributed by atoms with Crippen molar-refractivity contribution in [2.45, 2.75) is 56.9 Å². The number of nitrogens with zero attached hydrogens (tertiary/aromatic N) is 4. The minimum Gasteiger partial charge on any atom is -0.293 e. The highest BCUT2D eigenvalue weighted by Gasteiger charge is 2.23. The van der Waals surface area contributed by atoms with Gasteiger partial charge in [-0.1, -0.05) is 62.9 Å². The first-order valence-electron chi connectivity index (χ1n) is 10.0. The molecule has 0 saturated heterocycles. The Balaban J connectivity index is 2.21. The summed E-state index contributed by atoms with van der Waals surface area (Å²) in [5.74, 6) is 0.502. The van der Waals surface area contributed by atoms with E-state index in [1.807, 2.05) is 39.0 Å². The van der Waals surface area contributed by atoms with Gasteiger partial charge in [0.25, 0.3) is 5.56 Å². The number of aryl methyl sites for hydroxylation is 1. The molecule has 1 unspecified atom stereocenters. The third-order valence-electron chi connectivity index (χ3n) is 4.85. The summed E-state index contributed by atoms with van der Waals surface area (Å²) in [6.07, 6.45) is 0.722. The van der Waals surface area contributed by atoms with Gasteiger partial charge in [0.15, 0.2) is 11.4 Å². The van der Waals surface area contributed by atoms with Crippen molar-refractivity contribution in [1.29, 1.82) is 0 Å². The van der Waals surface area contributed by atoms with Crippen molar-refractivity contribution in [1.82, 2.24) is 19.1 Å². The Hall–Kier alpha value is -2.74. The molecule has 0 saturated carbocycles. The van der Waals surface area contributed by atoms with Crippen molar-refractivity contribution in [3.8, 4) is 0 Å². The van der Waals surface area contributed by atoms with Gasteiger partial charge in [-0.15, -0.1) is 0 Å². The fourth-order valence-electron chi connectivity index (χ4n) is 3.18. The van der Waals surface area contributed by atoms with E-state index in [-0.39, 0.29) is 17.1 Å². The summed E-state index contributed by atoms with van der Waals surface area (Å²) >= 11 is 1.23. The molecule has 0 aliphatic carbocycles. The Labute approximate surface area is 179 Å². The molecule has 2 heterocycles. The number of carbonyl (C=O) groups excluding carboxylic acids is 1. The lowest BCUT2D eigenvalue weighted by Crippen LogP contribution is -2.39. The second-order valence-corrected chi connectivity index (χ2v) is 8.86. The van der Waals surface area contributed by atoms with Crippen LogP contribution in [0.1, 0.15) is 56.2 Å². The quantitative estimate of drug-likeness (QED) is 0.327. The zero-order valence-electron chi connectivity index (χ0n) is 17.9. The maximum absolute atomic E-state index is 13.0. The number of Topliss-reactive ketones (excluding diaryl/α,β-unsaturated/α-hetero) is 1. The zero-order valence-corrected chi connectivity index (χ0v) is 18.7. The van der Waals surface area contributed by atoms with Gasteiger partial charge in [-0.25, -0.2) is 14.8 Å². The molecule has 0 radical (unpaired) electrons. The Bertz CT molecular complexity index is 1200. The number of thioether (sulfide) groups is 1. The summed E-state index contributed by atoms with van der Waals surface area (Å²) < 4.78 is 2.61. The molecule has 158 valence electrons. The molecule has 30 heavy (non-hydrogen) atoms. The average Bonchev–Trinajstić information content (AvgIpc) is 2.74. The molecule has 0 amide bonds. The van der Waals surface area contributed by atoms with Crippen molar-refractivity contribution < 1.29 is 4.79 Å². The fraction of sp³-hybridized carbons (Fsp3) is 0.409. The summed E-state index contributed by atoms with van der Waals surface area (Å²) in [6, 6.07) is 9.05. The molecule has 8 heteroatoms. The van der Waals surface area contributed by atoms with Crippen LogP contribution < -0.4 is 11.2 Å². The average molecular weight is 427 g/mol. The highest BCUT2D eigenvalue weighted by Crippen LogP contribution is 2.29. The van der Waals surface area contributed by atoms with Crippen molar-refractivity contribution in [3.05, 3.63) is 62.6 Å². The van der Waals surface area contributed by atoms with Gasteiger partial charge in [0.1, 0.15) is 16.2 Å². The van der Waals surface area contributed by atoms with Crippen LogP contribution in [-0.2, 0) is 13.6 Å². The van der Waals surface area contributed by atoms with Gasteiger partial charge >= 0.3 is 5.69 Å². The number of benzene rings is 1.